The molecule has 0 saturated heterocycles. The lowest BCUT2D eigenvalue weighted by molar-refractivity contribution is 0.436. The highest BCUT2D eigenvalue weighted by Gasteiger charge is 2.54. The van der Waals surface area contributed by atoms with Gasteiger partial charge in [0.25, 0.3) is 0 Å². The molecule has 0 radical (unpaired) electrons. The van der Waals surface area contributed by atoms with Crippen molar-refractivity contribution >= 4 is 39.6 Å². The molecule has 0 amide bonds. The molecule has 322 valence electrons. The standard InChI is InChI=1S/C66H41NOS/c1-2-19-42(20-3-1)43-37-39-45(40-38-43)67(57-32-18-31-55-62(57)47-23-6-8-25-49(47)65(55)51-27-10-14-33-58(51)68-59-34-15-11-28-52(59)65)64-46-22-5-4-21-44(46)41-56-63(64)48-24-7-9-26-50(48)66(56)53-29-12-16-35-60(53)69-61-36-17-13-30-54(61)66/h1-41H. The van der Waals surface area contributed by atoms with E-state index in [1.165, 1.54) is 93.0 Å². The largest absolute Gasteiger partial charge is 0.457 e. The Morgan fingerprint density at radius 2 is 0.841 bits per heavy atom. The first-order chi connectivity index (χ1) is 34.2. The van der Waals surface area contributed by atoms with E-state index in [-0.39, 0.29) is 0 Å². The van der Waals surface area contributed by atoms with Crippen molar-refractivity contribution in [2.45, 2.75) is 20.6 Å². The zero-order valence-corrected chi connectivity index (χ0v) is 38.3. The van der Waals surface area contributed by atoms with Crippen LogP contribution in [0.5, 0.6) is 11.5 Å². The average Bonchev–Trinajstić information content (AvgIpc) is 3.87. The zero-order valence-electron chi connectivity index (χ0n) is 37.4. The van der Waals surface area contributed by atoms with Gasteiger partial charge < -0.3 is 9.64 Å². The van der Waals surface area contributed by atoms with Crippen LogP contribution < -0.4 is 9.64 Å². The minimum absolute atomic E-state index is 0.559. The van der Waals surface area contributed by atoms with E-state index < -0.39 is 10.8 Å². The highest BCUT2D eigenvalue weighted by Crippen LogP contribution is 2.68. The van der Waals surface area contributed by atoms with Crippen LogP contribution in [0.2, 0.25) is 0 Å². The molecule has 2 spiro atoms. The number of benzene rings is 11. The maximum absolute atomic E-state index is 6.78. The quantitative estimate of drug-likeness (QED) is 0.175. The van der Waals surface area contributed by atoms with E-state index in [1.54, 1.807) is 0 Å². The van der Waals surface area contributed by atoms with Crippen molar-refractivity contribution in [1.82, 2.24) is 0 Å². The van der Waals surface area contributed by atoms with Crippen molar-refractivity contribution in [2.75, 3.05) is 4.90 Å². The third-order valence-electron chi connectivity index (χ3n) is 15.4. The second-order valence-electron chi connectivity index (χ2n) is 18.6. The molecular weight excluding hydrogens is 855 g/mol. The Morgan fingerprint density at radius 3 is 1.51 bits per heavy atom. The summed E-state index contributed by atoms with van der Waals surface area (Å²) in [5.74, 6) is 1.77. The summed E-state index contributed by atoms with van der Waals surface area (Å²) in [4.78, 5) is 5.20. The van der Waals surface area contributed by atoms with Gasteiger partial charge in [0, 0.05) is 43.1 Å². The number of hydrogen-bond donors (Lipinski definition) is 0. The normalized spacial score (nSPS) is 14.4. The number of ether oxygens (including phenoxy) is 1. The highest BCUT2D eigenvalue weighted by molar-refractivity contribution is 7.99. The number of anilines is 3. The van der Waals surface area contributed by atoms with E-state index in [2.05, 4.69) is 254 Å². The van der Waals surface area contributed by atoms with Gasteiger partial charge in [-0.15, -0.1) is 0 Å². The van der Waals surface area contributed by atoms with E-state index in [0.717, 1.165) is 34.0 Å². The van der Waals surface area contributed by atoms with E-state index in [9.17, 15) is 0 Å². The summed E-state index contributed by atoms with van der Waals surface area (Å²) in [6, 6.07) is 92.5. The van der Waals surface area contributed by atoms with Crippen molar-refractivity contribution in [3.63, 3.8) is 0 Å². The molecule has 2 nitrogen and oxygen atoms in total. The molecule has 0 atom stereocenters. The van der Waals surface area contributed by atoms with Crippen LogP contribution >= 0.6 is 11.8 Å². The van der Waals surface area contributed by atoms with Crippen LogP contribution in [0.3, 0.4) is 0 Å². The lowest BCUT2D eigenvalue weighted by atomic mass is 9.66. The van der Waals surface area contributed by atoms with Gasteiger partial charge in [-0.05, 0) is 110 Å². The monoisotopic (exact) mass is 895 g/mol. The first-order valence-corrected chi connectivity index (χ1v) is 24.6. The van der Waals surface area contributed by atoms with Crippen LogP contribution in [0.25, 0.3) is 44.2 Å². The second kappa shape index (κ2) is 14.6. The fourth-order valence-electron chi connectivity index (χ4n) is 12.8. The summed E-state index contributed by atoms with van der Waals surface area (Å²) in [5.41, 5.74) is 19.6. The molecule has 0 saturated carbocycles. The van der Waals surface area contributed by atoms with Gasteiger partial charge in [0.15, 0.2) is 0 Å². The van der Waals surface area contributed by atoms with E-state index in [4.69, 9.17) is 4.74 Å². The predicted octanol–water partition coefficient (Wildman–Crippen LogP) is 17.3. The lowest BCUT2D eigenvalue weighted by Crippen LogP contribution is -2.32. The third kappa shape index (κ3) is 5.12. The Bertz CT molecular complexity index is 3840. The van der Waals surface area contributed by atoms with Crippen LogP contribution in [-0.4, -0.2) is 0 Å². The first kappa shape index (κ1) is 38.7. The summed E-state index contributed by atoms with van der Waals surface area (Å²) in [7, 11) is 0. The molecule has 0 bridgehead atoms. The van der Waals surface area contributed by atoms with Crippen LogP contribution in [0, 0.1) is 0 Å². The van der Waals surface area contributed by atoms with Crippen LogP contribution in [0.1, 0.15) is 44.5 Å². The molecule has 11 aromatic rings. The fraction of sp³-hybridized carbons (Fsp3) is 0.0303. The van der Waals surface area contributed by atoms with Crippen molar-refractivity contribution in [1.29, 1.82) is 0 Å². The summed E-state index contributed by atoms with van der Waals surface area (Å²) in [6.07, 6.45) is 0. The van der Waals surface area contributed by atoms with Crippen LogP contribution in [-0.2, 0) is 10.8 Å². The third-order valence-corrected chi connectivity index (χ3v) is 16.5. The molecular formula is C66H41NOS. The Labute approximate surface area is 405 Å². The van der Waals surface area contributed by atoms with Gasteiger partial charge in [-0.2, -0.15) is 0 Å². The highest BCUT2D eigenvalue weighted by atomic mass is 32.2. The topological polar surface area (TPSA) is 12.5 Å². The second-order valence-corrected chi connectivity index (χ2v) is 19.7. The Hall–Kier alpha value is -8.37. The maximum atomic E-state index is 6.78. The minimum Gasteiger partial charge on any atom is -0.457 e. The molecule has 0 N–H and O–H groups in total. The minimum atomic E-state index is -0.624. The van der Waals surface area contributed by atoms with Gasteiger partial charge in [-0.3, -0.25) is 0 Å². The van der Waals surface area contributed by atoms with Crippen molar-refractivity contribution in [3.05, 3.63) is 293 Å². The summed E-state index contributed by atoms with van der Waals surface area (Å²) in [5, 5.41) is 2.40. The van der Waals surface area contributed by atoms with Gasteiger partial charge in [-0.1, -0.05) is 212 Å². The predicted molar refractivity (Wildman–Crippen MR) is 283 cm³/mol. The molecule has 4 aliphatic rings. The summed E-state index contributed by atoms with van der Waals surface area (Å²) in [6.45, 7) is 0. The van der Waals surface area contributed by atoms with Crippen molar-refractivity contribution < 1.29 is 4.74 Å². The van der Waals surface area contributed by atoms with Gasteiger partial charge >= 0.3 is 0 Å². The maximum Gasteiger partial charge on any atom is 0.132 e. The van der Waals surface area contributed by atoms with Gasteiger partial charge in [-0.25, -0.2) is 0 Å². The molecule has 0 fully saturated rings. The molecule has 2 aliphatic carbocycles. The molecule has 3 heteroatoms. The fourth-order valence-corrected chi connectivity index (χ4v) is 14.0. The molecule has 0 unspecified atom stereocenters. The van der Waals surface area contributed by atoms with Crippen LogP contribution in [0.4, 0.5) is 17.1 Å². The van der Waals surface area contributed by atoms with Gasteiger partial charge in [0.2, 0.25) is 0 Å². The number of rotatable bonds is 4. The lowest BCUT2D eigenvalue weighted by Gasteiger charge is -2.40. The first-order valence-electron chi connectivity index (χ1n) is 23.8. The Kier molecular flexibility index (Phi) is 8.17. The molecule has 11 aromatic carbocycles. The van der Waals surface area contributed by atoms with E-state index >= 15 is 0 Å². The van der Waals surface area contributed by atoms with E-state index in [1.807, 2.05) is 11.8 Å². The molecule has 15 rings (SSSR count). The van der Waals surface area contributed by atoms with Crippen molar-refractivity contribution in [2.24, 2.45) is 0 Å². The number of fused-ring (bicyclic) bond motifs is 19. The van der Waals surface area contributed by atoms with Crippen molar-refractivity contribution in [3.8, 4) is 44.9 Å². The van der Waals surface area contributed by atoms with Gasteiger partial charge in [0.05, 0.1) is 22.2 Å². The summed E-state index contributed by atoms with van der Waals surface area (Å²) < 4.78 is 6.78. The molecule has 2 heterocycles. The Morgan fingerprint density at radius 1 is 0.348 bits per heavy atom. The smallest absolute Gasteiger partial charge is 0.132 e. The zero-order chi connectivity index (χ0) is 45.3. The Balaban J connectivity index is 1.10. The average molecular weight is 896 g/mol. The number of para-hydroxylation sites is 2. The van der Waals surface area contributed by atoms with E-state index in [0.29, 0.717) is 0 Å². The molecule has 2 aliphatic heterocycles. The van der Waals surface area contributed by atoms with Gasteiger partial charge in [0.1, 0.15) is 11.5 Å². The SMILES string of the molecule is c1ccc(-c2ccc(N(c3cccc4c3-c3ccccc3C43c4ccccc4Oc4ccccc43)c3c4c(cc5ccccc35)C3(c5ccccc5Sc5ccccc53)c3ccccc3-4)cc2)cc1. The molecule has 0 aromatic heterocycles. The number of hydrogen-bond acceptors (Lipinski definition) is 3. The number of nitrogens with zero attached hydrogens (tertiary/aromatic N) is 1. The molecule has 69 heavy (non-hydrogen) atoms. The van der Waals surface area contributed by atoms with Crippen LogP contribution in [0.15, 0.2) is 259 Å². The summed E-state index contributed by atoms with van der Waals surface area (Å²) >= 11 is 1.89.